The topological polar surface area (TPSA) is 64.7 Å². The molecule has 0 aliphatic carbocycles. The summed E-state index contributed by atoms with van der Waals surface area (Å²) < 4.78 is 0. The normalized spacial score (nSPS) is 28.1. The van der Waals surface area contributed by atoms with E-state index in [2.05, 4.69) is 48.1 Å². The van der Waals surface area contributed by atoms with E-state index < -0.39 is 0 Å². The van der Waals surface area contributed by atoms with Gasteiger partial charge in [-0.3, -0.25) is 19.4 Å². The van der Waals surface area contributed by atoms with Crippen molar-refractivity contribution in [2.24, 2.45) is 23.7 Å². The molecule has 0 bridgehead atoms. The minimum absolute atomic E-state index is 0.0152. The van der Waals surface area contributed by atoms with Gasteiger partial charge in [-0.25, -0.2) is 0 Å². The molecule has 2 amide bonds. The molecule has 2 saturated heterocycles. The van der Waals surface area contributed by atoms with E-state index >= 15 is 0 Å². The average molecular weight is 415 g/mol. The van der Waals surface area contributed by atoms with Crippen molar-refractivity contribution in [1.82, 2.24) is 9.80 Å². The molecule has 1 aromatic rings. The number of likely N-dealkylation sites (tertiary alicyclic amines) is 2. The second kappa shape index (κ2) is 10.4. The number of amides is 2. The Kier molecular flexibility index (Phi) is 7.89. The van der Waals surface area contributed by atoms with Crippen LogP contribution in [0.1, 0.15) is 40.5 Å². The SMILES string of the molecule is C[C@@H]1C[C@H](C)CN(CC(=O)Nc2ccc(NC(=O)CN3C[C@@H](C)C[C@H](C)C3)cc2)C1. The standard InChI is InChI=1S/C24H38N4O2/c1-17-9-18(2)12-27(11-17)15-23(29)25-21-5-7-22(8-6-21)26-24(30)16-28-13-19(3)10-20(4)14-28/h5-8,17-20H,9-16H2,1-4H3,(H,25,29)(H,26,30)/t17-,18-,19-,20+/m0/s1. The Morgan fingerprint density at radius 1 is 0.700 bits per heavy atom. The molecule has 0 saturated carbocycles. The molecule has 30 heavy (non-hydrogen) atoms. The number of benzene rings is 1. The lowest BCUT2D eigenvalue weighted by Gasteiger charge is -2.34. The van der Waals surface area contributed by atoms with Gasteiger partial charge in [0, 0.05) is 37.6 Å². The van der Waals surface area contributed by atoms with Crippen molar-refractivity contribution >= 4 is 23.2 Å². The van der Waals surface area contributed by atoms with Gasteiger partial charge < -0.3 is 10.6 Å². The lowest BCUT2D eigenvalue weighted by Crippen LogP contribution is -2.43. The van der Waals surface area contributed by atoms with E-state index in [1.165, 1.54) is 12.8 Å². The Morgan fingerprint density at radius 3 is 1.30 bits per heavy atom. The number of carbonyl (C=O) groups excluding carboxylic acids is 2. The molecule has 3 rings (SSSR count). The number of nitrogens with zero attached hydrogens (tertiary/aromatic N) is 2. The van der Waals surface area contributed by atoms with Crippen LogP contribution in [0.25, 0.3) is 0 Å². The van der Waals surface area contributed by atoms with Gasteiger partial charge >= 0.3 is 0 Å². The van der Waals surface area contributed by atoms with Crippen LogP contribution in [0.4, 0.5) is 11.4 Å². The first kappa shape index (κ1) is 22.8. The highest BCUT2D eigenvalue weighted by Gasteiger charge is 2.24. The summed E-state index contributed by atoms with van der Waals surface area (Å²) >= 11 is 0. The van der Waals surface area contributed by atoms with Crippen molar-refractivity contribution in [3.63, 3.8) is 0 Å². The van der Waals surface area contributed by atoms with Gasteiger partial charge in [0.05, 0.1) is 13.1 Å². The number of nitrogens with one attached hydrogen (secondary N) is 2. The van der Waals surface area contributed by atoms with E-state index in [1.807, 2.05) is 24.3 Å². The van der Waals surface area contributed by atoms with Crippen molar-refractivity contribution in [3.8, 4) is 0 Å². The summed E-state index contributed by atoms with van der Waals surface area (Å²) in [4.78, 5) is 29.3. The molecule has 0 radical (unpaired) electrons. The summed E-state index contributed by atoms with van der Waals surface area (Å²) in [6.07, 6.45) is 2.47. The van der Waals surface area contributed by atoms with E-state index in [1.54, 1.807) is 0 Å². The lowest BCUT2D eigenvalue weighted by atomic mass is 9.92. The summed E-state index contributed by atoms with van der Waals surface area (Å²) in [6, 6.07) is 7.39. The van der Waals surface area contributed by atoms with Crippen LogP contribution in [0.5, 0.6) is 0 Å². The minimum Gasteiger partial charge on any atom is -0.325 e. The zero-order chi connectivity index (χ0) is 21.7. The highest BCUT2D eigenvalue weighted by atomic mass is 16.2. The van der Waals surface area contributed by atoms with Crippen molar-refractivity contribution in [1.29, 1.82) is 0 Å². The molecule has 2 heterocycles. The van der Waals surface area contributed by atoms with Crippen LogP contribution < -0.4 is 10.6 Å². The van der Waals surface area contributed by atoms with Crippen molar-refractivity contribution < 1.29 is 9.59 Å². The predicted octanol–water partition coefficient (Wildman–Crippen LogP) is 3.52. The zero-order valence-corrected chi connectivity index (χ0v) is 19.0. The van der Waals surface area contributed by atoms with Crippen molar-refractivity contribution in [2.75, 3.05) is 49.9 Å². The summed E-state index contributed by atoms with van der Waals surface area (Å²) in [5, 5.41) is 5.95. The maximum Gasteiger partial charge on any atom is 0.238 e. The molecular weight excluding hydrogens is 376 g/mol. The lowest BCUT2D eigenvalue weighted by molar-refractivity contribution is -0.118. The number of anilines is 2. The summed E-state index contributed by atoms with van der Waals surface area (Å²) in [5.41, 5.74) is 1.52. The van der Waals surface area contributed by atoms with Gasteiger partial charge in [-0.2, -0.15) is 0 Å². The fourth-order valence-electron chi connectivity index (χ4n) is 5.29. The molecular formula is C24H38N4O2. The maximum absolute atomic E-state index is 12.4. The third-order valence-electron chi connectivity index (χ3n) is 6.08. The number of hydrogen-bond donors (Lipinski definition) is 2. The van der Waals surface area contributed by atoms with E-state index in [0.29, 0.717) is 36.8 Å². The van der Waals surface area contributed by atoms with Crippen molar-refractivity contribution in [2.45, 2.75) is 40.5 Å². The zero-order valence-electron chi connectivity index (χ0n) is 19.0. The molecule has 0 unspecified atom stereocenters. The summed E-state index contributed by atoms with van der Waals surface area (Å²) in [5.74, 6) is 2.59. The molecule has 6 nitrogen and oxygen atoms in total. The largest absolute Gasteiger partial charge is 0.325 e. The summed E-state index contributed by atoms with van der Waals surface area (Å²) in [7, 11) is 0. The Hall–Kier alpha value is -1.92. The Morgan fingerprint density at radius 2 is 1.00 bits per heavy atom. The molecule has 166 valence electrons. The average Bonchev–Trinajstić information content (AvgIpc) is 2.61. The maximum atomic E-state index is 12.4. The fraction of sp³-hybridized carbons (Fsp3) is 0.667. The first-order chi connectivity index (χ1) is 14.3. The van der Waals surface area contributed by atoms with E-state index in [4.69, 9.17) is 0 Å². The van der Waals surface area contributed by atoms with Crippen LogP contribution in [-0.4, -0.2) is 60.9 Å². The minimum atomic E-state index is 0.0152. The molecule has 0 spiro atoms. The van der Waals surface area contributed by atoms with Crippen LogP contribution in [0, 0.1) is 23.7 Å². The van der Waals surface area contributed by atoms with Gasteiger partial charge in [-0.05, 0) is 60.8 Å². The molecule has 2 aliphatic heterocycles. The molecule has 6 heteroatoms. The van der Waals surface area contributed by atoms with Gasteiger partial charge in [-0.15, -0.1) is 0 Å². The number of piperidine rings is 2. The number of carbonyl (C=O) groups is 2. The Bertz CT molecular complexity index is 639. The predicted molar refractivity (Wildman–Crippen MR) is 122 cm³/mol. The second-order valence-electron chi connectivity index (χ2n) is 9.95. The second-order valence-corrected chi connectivity index (χ2v) is 9.95. The molecule has 2 fully saturated rings. The highest BCUT2D eigenvalue weighted by Crippen LogP contribution is 2.22. The van der Waals surface area contributed by atoms with Crippen LogP contribution in [-0.2, 0) is 9.59 Å². The van der Waals surface area contributed by atoms with Gasteiger partial charge in [-0.1, -0.05) is 27.7 Å². The third kappa shape index (κ3) is 7.10. The van der Waals surface area contributed by atoms with E-state index in [0.717, 1.165) is 37.6 Å². The number of hydrogen-bond acceptors (Lipinski definition) is 4. The molecule has 2 N–H and O–H groups in total. The van der Waals surface area contributed by atoms with Gasteiger partial charge in [0.15, 0.2) is 0 Å². The first-order valence-corrected chi connectivity index (χ1v) is 11.4. The monoisotopic (exact) mass is 414 g/mol. The molecule has 0 aromatic heterocycles. The molecule has 2 aliphatic rings. The quantitative estimate of drug-likeness (QED) is 0.748. The van der Waals surface area contributed by atoms with Crippen LogP contribution in [0.2, 0.25) is 0 Å². The van der Waals surface area contributed by atoms with Gasteiger partial charge in [0.25, 0.3) is 0 Å². The highest BCUT2D eigenvalue weighted by molar-refractivity contribution is 5.94. The smallest absolute Gasteiger partial charge is 0.238 e. The van der Waals surface area contributed by atoms with Crippen LogP contribution in [0.15, 0.2) is 24.3 Å². The third-order valence-corrected chi connectivity index (χ3v) is 6.08. The first-order valence-electron chi connectivity index (χ1n) is 11.4. The molecule has 1 aromatic carbocycles. The van der Waals surface area contributed by atoms with Crippen LogP contribution >= 0.6 is 0 Å². The molecule has 4 atom stereocenters. The van der Waals surface area contributed by atoms with E-state index in [9.17, 15) is 9.59 Å². The van der Waals surface area contributed by atoms with Gasteiger partial charge in [0.2, 0.25) is 11.8 Å². The number of rotatable bonds is 6. The Balaban J connectivity index is 1.44. The Labute approximate surface area is 181 Å². The van der Waals surface area contributed by atoms with E-state index in [-0.39, 0.29) is 11.8 Å². The fourth-order valence-corrected chi connectivity index (χ4v) is 5.29. The van der Waals surface area contributed by atoms with Gasteiger partial charge in [0.1, 0.15) is 0 Å². The summed E-state index contributed by atoms with van der Waals surface area (Å²) in [6.45, 7) is 13.8. The van der Waals surface area contributed by atoms with Crippen LogP contribution in [0.3, 0.4) is 0 Å². The van der Waals surface area contributed by atoms with Crippen molar-refractivity contribution in [3.05, 3.63) is 24.3 Å².